The summed E-state index contributed by atoms with van der Waals surface area (Å²) < 4.78 is 13.5. The average Bonchev–Trinajstić information content (AvgIpc) is 2.25. The van der Waals surface area contributed by atoms with Crippen molar-refractivity contribution < 1.29 is 4.39 Å². The Hall–Kier alpha value is -0.640. The van der Waals surface area contributed by atoms with Crippen molar-refractivity contribution in [3.05, 3.63) is 34.1 Å². The lowest BCUT2D eigenvalue weighted by Crippen LogP contribution is -2.49. The van der Waals surface area contributed by atoms with E-state index in [0.29, 0.717) is 10.6 Å². The molecular weight excluding hydrogens is 227 g/mol. The highest BCUT2D eigenvalue weighted by molar-refractivity contribution is 6.31. The Morgan fingerprint density at radius 3 is 2.69 bits per heavy atom. The van der Waals surface area contributed by atoms with Crippen LogP contribution in [0.2, 0.25) is 5.02 Å². The molecule has 1 heterocycles. The van der Waals surface area contributed by atoms with Gasteiger partial charge in [0, 0.05) is 30.2 Å². The van der Waals surface area contributed by atoms with Crippen molar-refractivity contribution in [2.24, 2.45) is 0 Å². The quantitative estimate of drug-likeness (QED) is 0.790. The van der Waals surface area contributed by atoms with Crippen LogP contribution in [0.5, 0.6) is 0 Å². The largest absolute Gasteiger partial charge is 0.311 e. The average molecular weight is 243 g/mol. The molecule has 1 aromatic carbocycles. The maximum atomic E-state index is 13.5. The number of piperazine rings is 1. The van der Waals surface area contributed by atoms with E-state index >= 15 is 0 Å². The van der Waals surface area contributed by atoms with Gasteiger partial charge in [-0.1, -0.05) is 11.6 Å². The SMILES string of the molecule is Cc1cc(Cl)c(C2NCCNC2C)cc1F. The fourth-order valence-electron chi connectivity index (χ4n) is 2.10. The van der Waals surface area contributed by atoms with Crippen LogP contribution in [0, 0.1) is 12.7 Å². The summed E-state index contributed by atoms with van der Waals surface area (Å²) in [6.45, 7) is 5.61. The molecule has 1 fully saturated rings. The van der Waals surface area contributed by atoms with Crippen LogP contribution < -0.4 is 10.6 Å². The van der Waals surface area contributed by atoms with Crippen LogP contribution in [0.1, 0.15) is 24.1 Å². The molecule has 0 radical (unpaired) electrons. The number of halogens is 2. The topological polar surface area (TPSA) is 24.1 Å². The fourth-order valence-corrected chi connectivity index (χ4v) is 2.44. The monoisotopic (exact) mass is 242 g/mol. The molecule has 2 rings (SSSR count). The molecule has 0 amide bonds. The van der Waals surface area contributed by atoms with Crippen LogP contribution in [0.25, 0.3) is 0 Å². The van der Waals surface area contributed by atoms with Crippen LogP contribution in [0.3, 0.4) is 0 Å². The van der Waals surface area contributed by atoms with Crippen molar-refractivity contribution in [2.45, 2.75) is 25.9 Å². The van der Waals surface area contributed by atoms with Gasteiger partial charge in [0.1, 0.15) is 5.82 Å². The first kappa shape index (κ1) is 11.8. The van der Waals surface area contributed by atoms with E-state index in [-0.39, 0.29) is 17.9 Å². The van der Waals surface area contributed by atoms with Gasteiger partial charge in [0.25, 0.3) is 0 Å². The summed E-state index contributed by atoms with van der Waals surface area (Å²) in [4.78, 5) is 0. The summed E-state index contributed by atoms with van der Waals surface area (Å²) in [5.74, 6) is -0.195. The molecule has 1 aromatic rings. The van der Waals surface area contributed by atoms with Crippen molar-refractivity contribution in [1.82, 2.24) is 10.6 Å². The van der Waals surface area contributed by atoms with E-state index in [1.54, 1.807) is 19.1 Å². The minimum atomic E-state index is -0.195. The van der Waals surface area contributed by atoms with E-state index in [1.807, 2.05) is 0 Å². The van der Waals surface area contributed by atoms with E-state index < -0.39 is 0 Å². The lowest BCUT2D eigenvalue weighted by atomic mass is 9.97. The summed E-state index contributed by atoms with van der Waals surface area (Å²) in [6.07, 6.45) is 0. The molecule has 1 aliphatic rings. The number of rotatable bonds is 1. The molecule has 2 atom stereocenters. The molecule has 1 aliphatic heterocycles. The molecule has 2 nitrogen and oxygen atoms in total. The third-order valence-electron chi connectivity index (χ3n) is 3.07. The molecule has 4 heteroatoms. The molecule has 0 spiro atoms. The number of nitrogens with one attached hydrogen (secondary N) is 2. The van der Waals surface area contributed by atoms with Gasteiger partial charge in [0.2, 0.25) is 0 Å². The zero-order chi connectivity index (χ0) is 11.7. The predicted octanol–water partition coefficient (Wildman–Crippen LogP) is 2.41. The first-order chi connectivity index (χ1) is 7.59. The Morgan fingerprint density at radius 2 is 2.00 bits per heavy atom. The van der Waals surface area contributed by atoms with Gasteiger partial charge in [-0.3, -0.25) is 0 Å². The predicted molar refractivity (Wildman–Crippen MR) is 64.4 cm³/mol. The highest BCUT2D eigenvalue weighted by Gasteiger charge is 2.24. The summed E-state index contributed by atoms with van der Waals surface area (Å²) in [6, 6.07) is 3.57. The Balaban J connectivity index is 2.35. The maximum Gasteiger partial charge on any atom is 0.126 e. The number of hydrogen-bond acceptors (Lipinski definition) is 2. The highest BCUT2D eigenvalue weighted by atomic mass is 35.5. The van der Waals surface area contributed by atoms with Gasteiger partial charge >= 0.3 is 0 Å². The van der Waals surface area contributed by atoms with Gasteiger partial charge in [-0.05, 0) is 37.1 Å². The Morgan fingerprint density at radius 1 is 1.31 bits per heavy atom. The van der Waals surface area contributed by atoms with E-state index in [4.69, 9.17) is 11.6 Å². The zero-order valence-electron chi connectivity index (χ0n) is 9.48. The Bertz CT molecular complexity index is 395. The molecule has 2 unspecified atom stereocenters. The molecular formula is C12H16ClFN2. The molecule has 0 aliphatic carbocycles. The standard InChI is InChI=1S/C12H16ClFN2/c1-7-5-10(13)9(6-11(7)14)12-8(2)15-3-4-16-12/h5-6,8,12,15-16H,3-4H2,1-2H3. The minimum absolute atomic E-state index is 0.0800. The first-order valence-corrected chi connectivity index (χ1v) is 5.89. The van der Waals surface area contributed by atoms with Crippen molar-refractivity contribution in [2.75, 3.05) is 13.1 Å². The maximum absolute atomic E-state index is 13.5. The van der Waals surface area contributed by atoms with Crippen LogP contribution in [-0.2, 0) is 0 Å². The van der Waals surface area contributed by atoms with Gasteiger partial charge in [0.15, 0.2) is 0 Å². The Kier molecular flexibility index (Phi) is 3.47. The van der Waals surface area contributed by atoms with Crippen molar-refractivity contribution in [1.29, 1.82) is 0 Å². The summed E-state index contributed by atoms with van der Waals surface area (Å²) in [5, 5.41) is 7.34. The third kappa shape index (κ3) is 2.21. The lowest BCUT2D eigenvalue weighted by Gasteiger charge is -2.32. The second-order valence-electron chi connectivity index (χ2n) is 4.30. The van der Waals surface area contributed by atoms with E-state index in [1.165, 1.54) is 0 Å². The van der Waals surface area contributed by atoms with Gasteiger partial charge in [-0.15, -0.1) is 0 Å². The van der Waals surface area contributed by atoms with Crippen LogP contribution in [-0.4, -0.2) is 19.1 Å². The number of hydrogen-bond donors (Lipinski definition) is 2. The van der Waals surface area contributed by atoms with E-state index in [2.05, 4.69) is 17.6 Å². The highest BCUT2D eigenvalue weighted by Crippen LogP contribution is 2.28. The molecule has 0 bridgehead atoms. The second kappa shape index (κ2) is 4.70. The zero-order valence-corrected chi connectivity index (χ0v) is 10.2. The first-order valence-electron chi connectivity index (χ1n) is 5.52. The number of aryl methyl sites for hydroxylation is 1. The van der Waals surface area contributed by atoms with Crippen LogP contribution >= 0.6 is 11.6 Å². The number of benzene rings is 1. The lowest BCUT2D eigenvalue weighted by molar-refractivity contribution is 0.345. The third-order valence-corrected chi connectivity index (χ3v) is 3.40. The van der Waals surface area contributed by atoms with Crippen LogP contribution in [0.4, 0.5) is 4.39 Å². The molecule has 0 saturated carbocycles. The van der Waals surface area contributed by atoms with Crippen molar-refractivity contribution >= 4 is 11.6 Å². The fraction of sp³-hybridized carbons (Fsp3) is 0.500. The smallest absolute Gasteiger partial charge is 0.126 e. The van der Waals surface area contributed by atoms with Gasteiger partial charge in [-0.2, -0.15) is 0 Å². The minimum Gasteiger partial charge on any atom is -0.311 e. The van der Waals surface area contributed by atoms with Gasteiger partial charge in [0.05, 0.1) is 0 Å². The van der Waals surface area contributed by atoms with Crippen molar-refractivity contribution in [3.63, 3.8) is 0 Å². The van der Waals surface area contributed by atoms with Crippen molar-refractivity contribution in [3.8, 4) is 0 Å². The summed E-state index contributed by atoms with van der Waals surface area (Å²) in [7, 11) is 0. The second-order valence-corrected chi connectivity index (χ2v) is 4.70. The van der Waals surface area contributed by atoms with E-state index in [0.717, 1.165) is 18.7 Å². The van der Waals surface area contributed by atoms with E-state index in [9.17, 15) is 4.39 Å². The summed E-state index contributed by atoms with van der Waals surface area (Å²) >= 11 is 6.17. The molecule has 88 valence electrons. The van der Waals surface area contributed by atoms with Gasteiger partial charge in [-0.25, -0.2) is 4.39 Å². The van der Waals surface area contributed by atoms with Gasteiger partial charge < -0.3 is 10.6 Å². The molecule has 2 N–H and O–H groups in total. The normalized spacial score (nSPS) is 25.8. The molecule has 16 heavy (non-hydrogen) atoms. The Labute approximate surface area is 100 Å². The summed E-state index contributed by atoms with van der Waals surface area (Å²) in [5.41, 5.74) is 1.43. The molecule has 0 aromatic heterocycles. The van der Waals surface area contributed by atoms with Crippen LogP contribution in [0.15, 0.2) is 12.1 Å². The molecule has 1 saturated heterocycles.